The zero-order valence-corrected chi connectivity index (χ0v) is 13.0. The molecule has 0 unspecified atom stereocenters. The Morgan fingerprint density at radius 2 is 1.52 bits per heavy atom. The molecule has 1 amide bonds. The van der Waals surface area contributed by atoms with Gasteiger partial charge in [-0.3, -0.25) is 4.79 Å². The monoisotopic (exact) mass is 311 g/mol. The van der Waals surface area contributed by atoms with Crippen LogP contribution in [-0.4, -0.2) is 43.5 Å². The second-order valence-electron chi connectivity index (χ2n) is 5.48. The Kier molecular flexibility index (Phi) is 4.78. The highest BCUT2D eigenvalue weighted by molar-refractivity contribution is 5.78. The maximum atomic E-state index is 11.6. The number of nitrogens with zero attached hydrogens (tertiary/aromatic N) is 2. The number of piperazine rings is 1. The molecule has 1 aliphatic rings. The third kappa shape index (κ3) is 3.81. The van der Waals surface area contributed by atoms with Crippen LogP contribution in [0.4, 0.5) is 5.69 Å². The molecule has 120 valence electrons. The first kappa shape index (κ1) is 15.4. The third-order valence-electron chi connectivity index (χ3n) is 3.99. The van der Waals surface area contributed by atoms with Gasteiger partial charge in [-0.2, -0.15) is 0 Å². The molecule has 0 bridgehead atoms. The van der Waals surface area contributed by atoms with Crippen LogP contribution in [0.2, 0.25) is 0 Å². The number of hydrogen-bond donors (Lipinski definition) is 1. The lowest BCUT2D eigenvalue weighted by molar-refractivity contribution is -0.129. The predicted octanol–water partition coefficient (Wildman–Crippen LogP) is 2.09. The molecule has 1 fully saturated rings. The van der Waals surface area contributed by atoms with E-state index < -0.39 is 0 Å². The fourth-order valence-electron chi connectivity index (χ4n) is 2.69. The number of rotatable bonds is 4. The minimum absolute atomic E-state index is 0.0243. The summed E-state index contributed by atoms with van der Waals surface area (Å²) in [5.41, 5.74) is 6.55. The van der Waals surface area contributed by atoms with Crippen LogP contribution in [0.3, 0.4) is 0 Å². The van der Waals surface area contributed by atoms with Crippen molar-refractivity contribution in [2.24, 2.45) is 5.73 Å². The summed E-state index contributed by atoms with van der Waals surface area (Å²) in [7, 11) is 0. The van der Waals surface area contributed by atoms with Gasteiger partial charge in [-0.15, -0.1) is 0 Å². The molecule has 0 aliphatic carbocycles. The van der Waals surface area contributed by atoms with E-state index in [1.54, 1.807) is 0 Å². The summed E-state index contributed by atoms with van der Waals surface area (Å²) in [6, 6.07) is 17.8. The van der Waals surface area contributed by atoms with Crippen LogP contribution in [0.5, 0.6) is 11.5 Å². The van der Waals surface area contributed by atoms with Crippen LogP contribution in [0.1, 0.15) is 0 Å². The molecule has 0 spiro atoms. The second-order valence-corrected chi connectivity index (χ2v) is 5.48. The first-order valence-electron chi connectivity index (χ1n) is 7.82. The van der Waals surface area contributed by atoms with Crippen molar-refractivity contribution in [2.75, 3.05) is 37.6 Å². The maximum absolute atomic E-state index is 11.6. The van der Waals surface area contributed by atoms with E-state index in [1.165, 1.54) is 0 Å². The van der Waals surface area contributed by atoms with E-state index in [-0.39, 0.29) is 12.5 Å². The molecular formula is C18H21N3O2. The van der Waals surface area contributed by atoms with E-state index in [0.717, 1.165) is 43.4 Å². The standard InChI is InChI=1S/C18H21N3O2/c19-14-18(22)21-12-10-20(11-13-21)15-6-8-17(9-7-15)23-16-4-2-1-3-5-16/h1-9H,10-14,19H2. The van der Waals surface area contributed by atoms with E-state index in [1.807, 2.05) is 47.4 Å². The summed E-state index contributed by atoms with van der Waals surface area (Å²) in [6.07, 6.45) is 0. The maximum Gasteiger partial charge on any atom is 0.236 e. The van der Waals surface area contributed by atoms with Crippen molar-refractivity contribution in [3.8, 4) is 11.5 Å². The Hall–Kier alpha value is -2.53. The SMILES string of the molecule is NCC(=O)N1CCN(c2ccc(Oc3ccccc3)cc2)CC1. The van der Waals surface area contributed by atoms with Crippen molar-refractivity contribution in [3.63, 3.8) is 0 Å². The highest BCUT2D eigenvalue weighted by Crippen LogP contribution is 2.24. The average molecular weight is 311 g/mol. The smallest absolute Gasteiger partial charge is 0.236 e. The summed E-state index contributed by atoms with van der Waals surface area (Å²) in [5, 5.41) is 0. The van der Waals surface area contributed by atoms with Crippen molar-refractivity contribution >= 4 is 11.6 Å². The van der Waals surface area contributed by atoms with Gasteiger partial charge in [-0.25, -0.2) is 0 Å². The van der Waals surface area contributed by atoms with Gasteiger partial charge < -0.3 is 20.3 Å². The molecule has 5 nitrogen and oxygen atoms in total. The number of para-hydroxylation sites is 1. The van der Waals surface area contributed by atoms with Crippen molar-refractivity contribution < 1.29 is 9.53 Å². The van der Waals surface area contributed by atoms with Gasteiger partial charge in [-0.05, 0) is 36.4 Å². The molecule has 1 heterocycles. The molecule has 23 heavy (non-hydrogen) atoms. The zero-order valence-electron chi connectivity index (χ0n) is 13.0. The third-order valence-corrected chi connectivity index (χ3v) is 3.99. The highest BCUT2D eigenvalue weighted by Gasteiger charge is 2.20. The van der Waals surface area contributed by atoms with Crippen LogP contribution in [0, 0.1) is 0 Å². The van der Waals surface area contributed by atoms with Crippen LogP contribution in [-0.2, 0) is 4.79 Å². The summed E-state index contributed by atoms with van der Waals surface area (Å²) in [5.74, 6) is 1.67. The number of hydrogen-bond acceptors (Lipinski definition) is 4. The fourth-order valence-corrected chi connectivity index (χ4v) is 2.69. The van der Waals surface area contributed by atoms with Gasteiger partial charge in [-0.1, -0.05) is 18.2 Å². The number of ether oxygens (including phenoxy) is 1. The quantitative estimate of drug-likeness (QED) is 0.939. The number of carbonyl (C=O) groups is 1. The lowest BCUT2D eigenvalue weighted by Gasteiger charge is -2.36. The van der Waals surface area contributed by atoms with E-state index in [0.29, 0.717) is 0 Å². The summed E-state index contributed by atoms with van der Waals surface area (Å²) in [4.78, 5) is 15.7. The van der Waals surface area contributed by atoms with Gasteiger partial charge >= 0.3 is 0 Å². The minimum Gasteiger partial charge on any atom is -0.457 e. The first-order chi connectivity index (χ1) is 11.3. The Labute approximate surface area is 136 Å². The molecule has 3 rings (SSSR count). The molecule has 2 aromatic carbocycles. The second kappa shape index (κ2) is 7.15. The highest BCUT2D eigenvalue weighted by atomic mass is 16.5. The van der Waals surface area contributed by atoms with Crippen molar-refractivity contribution in [1.82, 2.24) is 4.90 Å². The Morgan fingerprint density at radius 1 is 0.913 bits per heavy atom. The van der Waals surface area contributed by atoms with Gasteiger partial charge in [0.25, 0.3) is 0 Å². The van der Waals surface area contributed by atoms with Crippen LogP contribution >= 0.6 is 0 Å². The first-order valence-corrected chi connectivity index (χ1v) is 7.82. The summed E-state index contributed by atoms with van der Waals surface area (Å²) >= 11 is 0. The van der Waals surface area contributed by atoms with Gasteiger partial charge in [0.2, 0.25) is 5.91 Å². The van der Waals surface area contributed by atoms with E-state index in [2.05, 4.69) is 17.0 Å². The van der Waals surface area contributed by atoms with Crippen molar-refractivity contribution in [3.05, 3.63) is 54.6 Å². The van der Waals surface area contributed by atoms with E-state index >= 15 is 0 Å². The topological polar surface area (TPSA) is 58.8 Å². The number of carbonyl (C=O) groups excluding carboxylic acids is 1. The average Bonchev–Trinajstić information content (AvgIpc) is 2.63. The number of benzene rings is 2. The van der Waals surface area contributed by atoms with Gasteiger partial charge in [0.15, 0.2) is 0 Å². The zero-order chi connectivity index (χ0) is 16.1. The molecule has 2 N–H and O–H groups in total. The van der Waals surface area contributed by atoms with Gasteiger partial charge in [0.1, 0.15) is 11.5 Å². The number of nitrogens with two attached hydrogens (primary N) is 1. The van der Waals surface area contributed by atoms with Crippen molar-refractivity contribution in [2.45, 2.75) is 0 Å². The number of amides is 1. The lowest BCUT2D eigenvalue weighted by Crippen LogP contribution is -2.50. The Balaban J connectivity index is 1.59. The fraction of sp³-hybridized carbons (Fsp3) is 0.278. The van der Waals surface area contributed by atoms with Gasteiger partial charge in [0, 0.05) is 31.9 Å². The molecule has 1 aliphatic heterocycles. The van der Waals surface area contributed by atoms with E-state index in [9.17, 15) is 4.79 Å². The molecule has 5 heteroatoms. The summed E-state index contributed by atoms with van der Waals surface area (Å²) < 4.78 is 5.80. The van der Waals surface area contributed by atoms with Gasteiger partial charge in [0.05, 0.1) is 6.54 Å². The number of anilines is 1. The minimum atomic E-state index is 0.0243. The molecular weight excluding hydrogens is 290 g/mol. The van der Waals surface area contributed by atoms with Crippen LogP contribution in [0.25, 0.3) is 0 Å². The Bertz CT molecular complexity index is 635. The van der Waals surface area contributed by atoms with E-state index in [4.69, 9.17) is 10.5 Å². The van der Waals surface area contributed by atoms with Crippen LogP contribution < -0.4 is 15.4 Å². The molecule has 0 aromatic heterocycles. The molecule has 1 saturated heterocycles. The van der Waals surface area contributed by atoms with Crippen molar-refractivity contribution in [1.29, 1.82) is 0 Å². The largest absolute Gasteiger partial charge is 0.457 e. The van der Waals surface area contributed by atoms with Crippen LogP contribution in [0.15, 0.2) is 54.6 Å². The lowest BCUT2D eigenvalue weighted by atomic mass is 10.2. The molecule has 0 radical (unpaired) electrons. The summed E-state index contributed by atoms with van der Waals surface area (Å²) in [6.45, 7) is 3.18. The Morgan fingerprint density at radius 3 is 2.13 bits per heavy atom. The molecule has 0 atom stereocenters. The molecule has 0 saturated carbocycles. The molecule has 2 aromatic rings. The normalized spacial score (nSPS) is 14.7. The predicted molar refractivity (Wildman–Crippen MR) is 90.8 cm³/mol.